The molecular weight excluding hydrogens is 415 g/mol. The number of carbonyl (C=O) groups excluding carboxylic acids is 2. The van der Waals surface area contributed by atoms with E-state index >= 15 is 0 Å². The van der Waals surface area contributed by atoms with Gasteiger partial charge >= 0.3 is 18.1 Å². The third-order valence-electron chi connectivity index (χ3n) is 5.33. The van der Waals surface area contributed by atoms with Crippen LogP contribution in [0.5, 0.6) is 5.75 Å². The number of nitrogens with two attached hydrogens (primary N) is 1. The van der Waals surface area contributed by atoms with Crippen molar-refractivity contribution in [2.24, 2.45) is 5.73 Å². The van der Waals surface area contributed by atoms with Gasteiger partial charge in [-0.3, -0.25) is 15.4 Å². The highest BCUT2D eigenvalue weighted by atomic mass is 19.4. The second-order valence-corrected chi connectivity index (χ2v) is 7.14. The summed E-state index contributed by atoms with van der Waals surface area (Å²) < 4.78 is 47.9. The van der Waals surface area contributed by atoms with Crippen LogP contribution in [0.15, 0.2) is 48.5 Å². The Bertz CT molecular complexity index is 1010. The van der Waals surface area contributed by atoms with Crippen molar-refractivity contribution in [1.82, 2.24) is 10.2 Å². The first kappa shape index (κ1) is 22.6. The van der Waals surface area contributed by atoms with Gasteiger partial charge < -0.3 is 9.47 Å². The minimum atomic E-state index is -5.26. The number of likely N-dealkylation sites (N-methyl/N-ethyl adjacent to an activating group) is 1. The SMILES string of the molecule is CCC1(c2cccc(-c3cccc(OC)c3)c2)NC(N)(OC(=O)C(F)(F)F)N(C)C1=O. The van der Waals surface area contributed by atoms with Crippen molar-refractivity contribution in [3.8, 4) is 16.9 Å². The molecule has 0 saturated carbocycles. The molecule has 0 aromatic heterocycles. The van der Waals surface area contributed by atoms with Crippen LogP contribution in [0.3, 0.4) is 0 Å². The van der Waals surface area contributed by atoms with Crippen molar-refractivity contribution in [3.63, 3.8) is 0 Å². The third-order valence-corrected chi connectivity index (χ3v) is 5.33. The highest BCUT2D eigenvalue weighted by Gasteiger charge is 2.60. The predicted octanol–water partition coefficient (Wildman–Crippen LogP) is 2.70. The third kappa shape index (κ3) is 3.96. The Labute approximate surface area is 176 Å². The number of rotatable bonds is 5. The first-order valence-corrected chi connectivity index (χ1v) is 9.38. The molecule has 1 aliphatic heterocycles. The van der Waals surface area contributed by atoms with E-state index in [1.54, 1.807) is 38.3 Å². The van der Waals surface area contributed by atoms with Crippen LogP contribution < -0.4 is 15.8 Å². The van der Waals surface area contributed by atoms with Gasteiger partial charge in [-0.2, -0.15) is 13.2 Å². The van der Waals surface area contributed by atoms with Crippen LogP contribution in [0, 0.1) is 0 Å². The van der Waals surface area contributed by atoms with Gasteiger partial charge in [-0.15, -0.1) is 0 Å². The van der Waals surface area contributed by atoms with Crippen LogP contribution in [0.1, 0.15) is 18.9 Å². The molecule has 2 aromatic rings. The van der Waals surface area contributed by atoms with Crippen molar-refractivity contribution < 1.29 is 32.2 Å². The maximum atomic E-state index is 13.1. The molecule has 0 bridgehead atoms. The standard InChI is InChI=1S/C21H22F3N3O4/c1-4-19(17(28)27(2)21(25,26-19)31-18(29)20(22,23)24)15-9-5-7-13(11-15)14-8-6-10-16(12-14)30-3/h5-12,26H,4,25H2,1-3H3. The summed E-state index contributed by atoms with van der Waals surface area (Å²) in [5.41, 5.74) is 6.43. The van der Waals surface area contributed by atoms with Gasteiger partial charge in [0.25, 0.3) is 5.91 Å². The largest absolute Gasteiger partial charge is 0.497 e. The first-order chi connectivity index (χ1) is 14.5. The van der Waals surface area contributed by atoms with E-state index in [9.17, 15) is 22.8 Å². The van der Waals surface area contributed by atoms with E-state index in [1.807, 2.05) is 24.3 Å². The average Bonchev–Trinajstić information content (AvgIpc) is 2.94. The monoisotopic (exact) mass is 437 g/mol. The van der Waals surface area contributed by atoms with Crippen LogP contribution in [-0.2, 0) is 19.9 Å². The second kappa shape index (κ2) is 7.86. The molecule has 1 saturated heterocycles. The number of hydrogen-bond donors (Lipinski definition) is 2. The molecule has 0 radical (unpaired) electrons. The Morgan fingerprint density at radius 3 is 2.35 bits per heavy atom. The van der Waals surface area contributed by atoms with Crippen molar-refractivity contribution in [2.45, 2.75) is 31.0 Å². The van der Waals surface area contributed by atoms with Crippen LogP contribution in [-0.4, -0.2) is 43.1 Å². The Kier molecular flexibility index (Phi) is 5.72. The molecule has 2 unspecified atom stereocenters. The van der Waals surface area contributed by atoms with Gasteiger partial charge in [0.2, 0.25) is 0 Å². The molecular formula is C21H22F3N3O4. The van der Waals surface area contributed by atoms with E-state index in [-0.39, 0.29) is 6.42 Å². The normalized spacial score (nSPS) is 23.7. The smallest absolute Gasteiger partial charge is 0.491 e. The summed E-state index contributed by atoms with van der Waals surface area (Å²) in [4.78, 5) is 25.3. The minimum Gasteiger partial charge on any atom is -0.497 e. The fraction of sp³-hybridized carbons (Fsp3) is 0.333. The Morgan fingerprint density at radius 2 is 1.77 bits per heavy atom. The number of carbonyl (C=O) groups is 2. The van der Waals surface area contributed by atoms with E-state index < -0.39 is 29.6 Å². The number of esters is 1. The molecule has 1 amide bonds. The molecule has 1 heterocycles. The zero-order valence-electron chi connectivity index (χ0n) is 17.1. The zero-order valence-corrected chi connectivity index (χ0v) is 17.1. The number of halogens is 3. The van der Waals surface area contributed by atoms with Crippen LogP contribution in [0.4, 0.5) is 13.2 Å². The van der Waals surface area contributed by atoms with Crippen LogP contribution in [0.2, 0.25) is 0 Å². The van der Waals surface area contributed by atoms with Crippen LogP contribution in [0.25, 0.3) is 11.1 Å². The summed E-state index contributed by atoms with van der Waals surface area (Å²) in [5.74, 6) is -4.96. The molecule has 3 rings (SSSR count). The molecule has 31 heavy (non-hydrogen) atoms. The molecule has 2 atom stereocenters. The predicted molar refractivity (Wildman–Crippen MR) is 105 cm³/mol. The van der Waals surface area contributed by atoms with Crippen molar-refractivity contribution >= 4 is 11.9 Å². The lowest BCUT2D eigenvalue weighted by atomic mass is 9.85. The fourth-order valence-electron chi connectivity index (χ4n) is 3.58. The van der Waals surface area contributed by atoms with Gasteiger partial charge in [0.05, 0.1) is 7.11 Å². The number of alkyl halides is 3. The number of nitrogens with one attached hydrogen (secondary N) is 1. The van der Waals surface area contributed by atoms with Crippen molar-refractivity contribution in [3.05, 3.63) is 54.1 Å². The Morgan fingerprint density at radius 1 is 1.16 bits per heavy atom. The molecule has 1 aliphatic rings. The van der Waals surface area contributed by atoms with E-state index in [4.69, 9.17) is 10.5 Å². The van der Waals surface area contributed by atoms with Gasteiger partial charge in [0.15, 0.2) is 0 Å². The summed E-state index contributed by atoms with van der Waals surface area (Å²) in [6, 6.07) is 14.2. The van der Waals surface area contributed by atoms with E-state index in [0.717, 1.165) is 16.0 Å². The maximum absolute atomic E-state index is 13.1. The maximum Gasteiger partial charge on any atom is 0.491 e. The number of nitrogens with zero attached hydrogens (tertiary/aromatic N) is 1. The highest BCUT2D eigenvalue weighted by molar-refractivity contribution is 5.91. The Balaban J connectivity index is 2.02. The molecule has 7 nitrogen and oxygen atoms in total. The van der Waals surface area contributed by atoms with Gasteiger partial charge in [-0.25, -0.2) is 10.1 Å². The van der Waals surface area contributed by atoms with Gasteiger partial charge in [0, 0.05) is 7.05 Å². The van der Waals surface area contributed by atoms with Crippen LogP contribution >= 0.6 is 0 Å². The van der Waals surface area contributed by atoms with Crippen molar-refractivity contribution in [2.75, 3.05) is 14.2 Å². The molecule has 2 aromatic carbocycles. The van der Waals surface area contributed by atoms with Gasteiger partial charge in [0.1, 0.15) is 11.3 Å². The molecule has 166 valence electrons. The lowest BCUT2D eigenvalue weighted by Gasteiger charge is -2.31. The topological polar surface area (TPSA) is 93.9 Å². The molecule has 0 aliphatic carbocycles. The fourth-order valence-corrected chi connectivity index (χ4v) is 3.58. The zero-order chi connectivity index (χ0) is 23.0. The van der Waals surface area contributed by atoms with E-state index in [1.165, 1.54) is 7.05 Å². The lowest BCUT2D eigenvalue weighted by Crippen LogP contribution is -2.64. The number of ether oxygens (including phenoxy) is 2. The summed E-state index contributed by atoms with van der Waals surface area (Å²) in [5, 5.41) is 2.64. The second-order valence-electron chi connectivity index (χ2n) is 7.14. The summed E-state index contributed by atoms with van der Waals surface area (Å²) in [6.07, 6.45) is -5.12. The van der Waals surface area contributed by atoms with E-state index in [2.05, 4.69) is 10.1 Å². The Hall–Kier alpha value is -3.11. The molecule has 10 heteroatoms. The van der Waals surface area contributed by atoms with E-state index in [0.29, 0.717) is 11.3 Å². The van der Waals surface area contributed by atoms with Gasteiger partial charge in [-0.1, -0.05) is 37.3 Å². The average molecular weight is 437 g/mol. The molecule has 3 N–H and O–H groups in total. The number of hydrogen-bond acceptors (Lipinski definition) is 6. The molecule has 1 fully saturated rings. The quantitative estimate of drug-likeness (QED) is 0.552. The first-order valence-electron chi connectivity index (χ1n) is 9.38. The summed E-state index contributed by atoms with van der Waals surface area (Å²) in [7, 11) is 2.71. The van der Waals surface area contributed by atoms with Crippen molar-refractivity contribution in [1.29, 1.82) is 0 Å². The molecule has 0 spiro atoms. The van der Waals surface area contributed by atoms with Gasteiger partial charge in [-0.05, 0) is 41.3 Å². The number of methoxy groups -OCH3 is 1. The summed E-state index contributed by atoms with van der Waals surface area (Å²) in [6.45, 7) is 1.67. The number of benzene rings is 2. The minimum absolute atomic E-state index is 0.139. The lowest BCUT2D eigenvalue weighted by molar-refractivity contribution is -0.229. The number of amides is 1. The summed E-state index contributed by atoms with van der Waals surface area (Å²) >= 11 is 0. The highest BCUT2D eigenvalue weighted by Crippen LogP contribution is 2.38.